The number of nitrogens with zero attached hydrogens (tertiary/aromatic N) is 5. The van der Waals surface area contributed by atoms with Crippen LogP contribution in [0.25, 0.3) is 21.9 Å². The van der Waals surface area contributed by atoms with Crippen molar-refractivity contribution in [2.75, 3.05) is 59.2 Å². The average Bonchev–Trinajstić information content (AvgIpc) is 3.29. The first-order valence-corrected chi connectivity index (χ1v) is 14.9. The van der Waals surface area contributed by atoms with Gasteiger partial charge in [0.05, 0.1) is 24.2 Å². The fraction of sp³-hybridized carbons (Fsp3) is 0.645. The van der Waals surface area contributed by atoms with Gasteiger partial charge >= 0.3 is 0 Å². The van der Waals surface area contributed by atoms with Crippen LogP contribution in [0.2, 0.25) is 0 Å². The van der Waals surface area contributed by atoms with Crippen LogP contribution in [-0.2, 0) is 22.5 Å². The van der Waals surface area contributed by atoms with E-state index in [1.54, 1.807) is 6.92 Å². The molecular weight excluding hydrogens is 488 g/mol. The normalized spacial score (nSPS) is 15.2. The molecule has 0 aliphatic carbocycles. The smallest absolute Gasteiger partial charge is 0.152 e. The lowest BCUT2D eigenvalue weighted by Crippen LogP contribution is -2.35. The van der Waals surface area contributed by atoms with E-state index in [-0.39, 0.29) is 5.78 Å². The highest BCUT2D eigenvalue weighted by Gasteiger charge is 2.23. The van der Waals surface area contributed by atoms with Gasteiger partial charge in [0.1, 0.15) is 17.1 Å². The van der Waals surface area contributed by atoms with Gasteiger partial charge in [-0.05, 0) is 96.4 Å². The van der Waals surface area contributed by atoms with E-state index in [0.29, 0.717) is 31.4 Å². The molecule has 0 unspecified atom stereocenters. The van der Waals surface area contributed by atoms with Gasteiger partial charge in [0.15, 0.2) is 5.82 Å². The van der Waals surface area contributed by atoms with Crippen LogP contribution in [-0.4, -0.2) is 83.6 Å². The second-order valence-corrected chi connectivity index (χ2v) is 11.4. The Morgan fingerprint density at radius 3 is 2.62 bits per heavy atom. The molecule has 0 saturated carbocycles. The number of piperidine rings is 1. The molecule has 2 N–H and O–H groups in total. The minimum Gasteiger partial charge on any atom is -0.382 e. The number of nitrogens with two attached hydrogens (primary N) is 1. The van der Waals surface area contributed by atoms with Crippen LogP contribution in [0.5, 0.6) is 0 Å². The number of ketones is 1. The lowest BCUT2D eigenvalue weighted by Gasteiger charge is -2.32. The van der Waals surface area contributed by atoms with Gasteiger partial charge in [-0.1, -0.05) is 19.4 Å². The molecule has 8 heteroatoms. The molecule has 1 aliphatic rings. The van der Waals surface area contributed by atoms with Gasteiger partial charge in [-0.15, -0.1) is 0 Å². The van der Waals surface area contributed by atoms with E-state index in [1.165, 1.54) is 10.9 Å². The molecule has 39 heavy (non-hydrogen) atoms. The first kappa shape index (κ1) is 29.4. The summed E-state index contributed by atoms with van der Waals surface area (Å²) in [5.41, 5.74) is 10.8. The number of carbonyl (C=O) groups is 1. The molecule has 0 amide bonds. The zero-order valence-electron chi connectivity index (χ0n) is 24.5. The number of rotatable bonds is 15. The first-order chi connectivity index (χ1) is 18.9. The molecule has 4 rings (SSSR count). The molecule has 0 radical (unpaired) electrons. The lowest BCUT2D eigenvalue weighted by molar-refractivity contribution is -0.118. The Labute approximate surface area is 233 Å². The van der Waals surface area contributed by atoms with E-state index in [4.69, 9.17) is 20.4 Å². The van der Waals surface area contributed by atoms with Gasteiger partial charge in [0, 0.05) is 31.3 Å². The average molecular weight is 537 g/mol. The van der Waals surface area contributed by atoms with E-state index >= 15 is 0 Å². The quantitative estimate of drug-likeness (QED) is 0.273. The number of anilines is 1. The highest BCUT2D eigenvalue weighted by atomic mass is 16.5. The molecule has 1 fully saturated rings. The zero-order chi connectivity index (χ0) is 27.8. The number of carbonyl (C=O) groups excluding carboxylic acids is 1. The topological polar surface area (TPSA) is 89.5 Å². The number of fused-ring (bicyclic) bond motifs is 3. The van der Waals surface area contributed by atoms with Crippen LogP contribution in [0.1, 0.15) is 76.1 Å². The Morgan fingerprint density at radius 1 is 1.10 bits per heavy atom. The van der Waals surface area contributed by atoms with Gasteiger partial charge in [-0.2, -0.15) is 0 Å². The number of ether oxygens (including phenoxy) is 1. The number of aryl methyl sites for hydroxylation is 2. The van der Waals surface area contributed by atoms with E-state index in [1.807, 2.05) is 0 Å². The predicted molar refractivity (Wildman–Crippen MR) is 160 cm³/mol. The standard InChI is InChI=1S/C31H48N6O2/c1-5-6-9-28-34-29-30(37(28)16-8-7-15-35(3)4)26-22-25(10-11-27(26)33-31(29)32)24-12-17-36(18-13-24)19-21-39-20-14-23(2)38/h10-11,22,24H,5-9,12-21H2,1-4H3,(H2,32,33). The van der Waals surface area contributed by atoms with Crippen molar-refractivity contribution in [3.8, 4) is 0 Å². The lowest BCUT2D eigenvalue weighted by atomic mass is 9.88. The maximum atomic E-state index is 11.1. The number of hydrogen-bond donors (Lipinski definition) is 1. The Kier molecular flexibility index (Phi) is 10.7. The number of nitrogen functional groups attached to an aromatic ring is 1. The summed E-state index contributed by atoms with van der Waals surface area (Å²) in [6, 6.07) is 6.78. The maximum Gasteiger partial charge on any atom is 0.152 e. The van der Waals surface area contributed by atoms with Gasteiger partial charge in [-0.25, -0.2) is 9.97 Å². The minimum atomic E-state index is 0.186. The second-order valence-electron chi connectivity index (χ2n) is 11.4. The number of Topliss-reactive ketones (excluding diaryl/α,β-unsaturated/α-hetero) is 1. The number of pyridine rings is 1. The SMILES string of the molecule is CCCCc1nc2c(N)nc3ccc(C4CCN(CCOCCC(C)=O)CC4)cc3c2n1CCCCN(C)C. The number of unbranched alkanes of at least 4 members (excludes halogenated alkanes) is 2. The summed E-state index contributed by atoms with van der Waals surface area (Å²) in [6.07, 6.45) is 8.28. The summed E-state index contributed by atoms with van der Waals surface area (Å²) < 4.78 is 8.10. The summed E-state index contributed by atoms with van der Waals surface area (Å²) in [7, 11) is 4.27. The zero-order valence-corrected chi connectivity index (χ0v) is 24.5. The van der Waals surface area contributed by atoms with Crippen LogP contribution < -0.4 is 5.73 Å². The summed E-state index contributed by atoms with van der Waals surface area (Å²) in [4.78, 5) is 25.6. The summed E-state index contributed by atoms with van der Waals surface area (Å²) in [5, 5.41) is 1.18. The van der Waals surface area contributed by atoms with Crippen molar-refractivity contribution in [2.24, 2.45) is 0 Å². The van der Waals surface area contributed by atoms with Crippen LogP contribution >= 0.6 is 0 Å². The van der Waals surface area contributed by atoms with E-state index in [9.17, 15) is 4.79 Å². The third-order valence-electron chi connectivity index (χ3n) is 8.01. The molecule has 1 aliphatic heterocycles. The molecule has 8 nitrogen and oxygen atoms in total. The van der Waals surface area contributed by atoms with Crippen molar-refractivity contribution in [3.63, 3.8) is 0 Å². The molecule has 3 heterocycles. The number of likely N-dealkylation sites (tertiary alicyclic amines) is 1. The fourth-order valence-corrected chi connectivity index (χ4v) is 5.69. The van der Waals surface area contributed by atoms with Crippen LogP contribution in [0.15, 0.2) is 18.2 Å². The van der Waals surface area contributed by atoms with Crippen molar-refractivity contribution >= 4 is 33.5 Å². The van der Waals surface area contributed by atoms with Crippen LogP contribution in [0.3, 0.4) is 0 Å². The molecule has 0 bridgehead atoms. The first-order valence-electron chi connectivity index (χ1n) is 14.9. The van der Waals surface area contributed by atoms with Crippen molar-refractivity contribution in [1.82, 2.24) is 24.3 Å². The Morgan fingerprint density at radius 2 is 1.90 bits per heavy atom. The molecule has 1 saturated heterocycles. The van der Waals surface area contributed by atoms with Crippen LogP contribution in [0, 0.1) is 0 Å². The highest BCUT2D eigenvalue weighted by Crippen LogP contribution is 2.34. The fourth-order valence-electron chi connectivity index (χ4n) is 5.69. The van der Waals surface area contributed by atoms with Gasteiger partial charge in [0.2, 0.25) is 0 Å². The summed E-state index contributed by atoms with van der Waals surface area (Å²) in [6.45, 7) is 10.2. The third kappa shape index (κ3) is 7.77. The second kappa shape index (κ2) is 14.2. The summed E-state index contributed by atoms with van der Waals surface area (Å²) in [5.74, 6) is 2.40. The molecule has 2 aromatic heterocycles. The van der Waals surface area contributed by atoms with Crippen LogP contribution in [0.4, 0.5) is 5.82 Å². The number of aromatic nitrogens is 3. The molecule has 0 atom stereocenters. The predicted octanol–water partition coefficient (Wildman–Crippen LogP) is 5.03. The van der Waals surface area contributed by atoms with Gasteiger partial charge in [-0.3, -0.25) is 4.79 Å². The molecule has 1 aromatic carbocycles. The Bertz CT molecular complexity index is 1230. The monoisotopic (exact) mass is 536 g/mol. The Hall–Kier alpha value is -2.55. The minimum absolute atomic E-state index is 0.186. The van der Waals surface area contributed by atoms with Crippen molar-refractivity contribution in [2.45, 2.75) is 77.7 Å². The Balaban J connectivity index is 1.53. The van der Waals surface area contributed by atoms with Gasteiger partial charge in [0.25, 0.3) is 0 Å². The molecule has 0 spiro atoms. The largest absolute Gasteiger partial charge is 0.382 e. The molecular formula is C31H48N6O2. The van der Waals surface area contributed by atoms with E-state index in [0.717, 1.165) is 100 Å². The highest BCUT2D eigenvalue weighted by molar-refractivity contribution is 6.06. The summed E-state index contributed by atoms with van der Waals surface area (Å²) >= 11 is 0. The van der Waals surface area contributed by atoms with Gasteiger partial charge < -0.3 is 24.8 Å². The van der Waals surface area contributed by atoms with E-state index in [2.05, 4.69) is 53.6 Å². The molecule has 214 valence electrons. The number of hydrogen-bond acceptors (Lipinski definition) is 7. The third-order valence-corrected chi connectivity index (χ3v) is 8.01. The maximum absolute atomic E-state index is 11.1. The number of imidazole rings is 1. The van der Waals surface area contributed by atoms with Crippen molar-refractivity contribution < 1.29 is 9.53 Å². The van der Waals surface area contributed by atoms with Crippen molar-refractivity contribution in [1.29, 1.82) is 0 Å². The molecule has 3 aromatic rings. The number of benzene rings is 1. The van der Waals surface area contributed by atoms with E-state index < -0.39 is 0 Å². The van der Waals surface area contributed by atoms with Crippen molar-refractivity contribution in [3.05, 3.63) is 29.6 Å².